The summed E-state index contributed by atoms with van der Waals surface area (Å²) in [5.41, 5.74) is 1.05. The van der Waals surface area contributed by atoms with Crippen molar-refractivity contribution in [2.75, 3.05) is 6.61 Å². The Kier molecular flexibility index (Phi) is 2.41. The summed E-state index contributed by atoms with van der Waals surface area (Å²) in [7, 11) is 0. The number of hydrogen-bond donors (Lipinski definition) is 1. The summed E-state index contributed by atoms with van der Waals surface area (Å²) in [5.74, 6) is 0.0393. The van der Waals surface area contributed by atoms with Crippen LogP contribution in [0.25, 0.3) is 10.9 Å². The molecule has 0 spiro atoms. The van der Waals surface area contributed by atoms with Crippen molar-refractivity contribution in [3.63, 3.8) is 0 Å². The van der Waals surface area contributed by atoms with Gasteiger partial charge in [-0.05, 0) is 30.7 Å². The molecule has 14 heavy (non-hydrogen) atoms. The SMILES string of the molecule is [O]c1ccc2c(ccn2CCCO)c1. The van der Waals surface area contributed by atoms with Crippen molar-refractivity contribution in [3.05, 3.63) is 30.5 Å². The van der Waals surface area contributed by atoms with Crippen LogP contribution in [0.5, 0.6) is 5.75 Å². The van der Waals surface area contributed by atoms with E-state index in [1.165, 1.54) is 0 Å². The minimum Gasteiger partial charge on any atom is -0.396 e. The molecule has 2 aromatic rings. The third kappa shape index (κ3) is 1.59. The summed E-state index contributed by atoms with van der Waals surface area (Å²) in [6.45, 7) is 0.984. The molecule has 1 heterocycles. The molecule has 1 radical (unpaired) electrons. The lowest BCUT2D eigenvalue weighted by molar-refractivity contribution is 0.280. The lowest BCUT2D eigenvalue weighted by Crippen LogP contribution is -1.97. The van der Waals surface area contributed by atoms with Gasteiger partial charge in [-0.25, -0.2) is 0 Å². The number of aryl methyl sites for hydroxylation is 1. The minimum atomic E-state index is 0.0393. The Morgan fingerprint density at radius 1 is 1.29 bits per heavy atom. The predicted molar refractivity (Wildman–Crippen MR) is 53.8 cm³/mol. The van der Waals surface area contributed by atoms with Crippen molar-refractivity contribution in [3.8, 4) is 5.75 Å². The number of nitrogens with zero attached hydrogens (tertiary/aromatic N) is 1. The standard InChI is InChI=1S/C11H12NO2/c13-7-1-5-12-6-4-9-8-10(14)2-3-11(9)12/h2-4,6,8,13H,1,5,7H2. The Balaban J connectivity index is 2.37. The van der Waals surface area contributed by atoms with E-state index in [9.17, 15) is 5.11 Å². The van der Waals surface area contributed by atoms with Crippen molar-refractivity contribution in [2.24, 2.45) is 0 Å². The van der Waals surface area contributed by atoms with Crippen LogP contribution < -0.4 is 0 Å². The summed E-state index contributed by atoms with van der Waals surface area (Å²) in [6, 6.07) is 6.95. The molecule has 3 nitrogen and oxygen atoms in total. The molecule has 0 saturated heterocycles. The van der Waals surface area contributed by atoms with Gasteiger partial charge in [0, 0.05) is 30.3 Å². The number of aromatic nitrogens is 1. The molecule has 0 amide bonds. The van der Waals surface area contributed by atoms with E-state index in [1.54, 1.807) is 12.1 Å². The number of benzene rings is 1. The number of fused-ring (bicyclic) bond motifs is 1. The van der Waals surface area contributed by atoms with Crippen molar-refractivity contribution in [2.45, 2.75) is 13.0 Å². The zero-order valence-electron chi connectivity index (χ0n) is 7.81. The van der Waals surface area contributed by atoms with Crippen LogP contribution in [-0.2, 0) is 11.7 Å². The molecular formula is C11H12NO2. The maximum Gasteiger partial charge on any atom is 0.179 e. The normalized spacial score (nSPS) is 10.9. The van der Waals surface area contributed by atoms with Crippen molar-refractivity contribution < 1.29 is 10.2 Å². The molecule has 0 aliphatic heterocycles. The average molecular weight is 190 g/mol. The Morgan fingerprint density at radius 2 is 2.14 bits per heavy atom. The van der Waals surface area contributed by atoms with Crippen LogP contribution in [0.4, 0.5) is 0 Å². The highest BCUT2D eigenvalue weighted by Gasteiger charge is 2.01. The molecule has 73 valence electrons. The van der Waals surface area contributed by atoms with Crippen LogP contribution in [0, 0.1) is 0 Å². The number of aliphatic hydroxyl groups excluding tert-OH is 1. The van der Waals surface area contributed by atoms with Gasteiger partial charge in [-0.1, -0.05) is 0 Å². The first-order chi connectivity index (χ1) is 6.81. The molecule has 0 fully saturated rings. The fraction of sp³-hybridized carbons (Fsp3) is 0.273. The summed E-state index contributed by atoms with van der Waals surface area (Å²) in [6.07, 6.45) is 2.68. The topological polar surface area (TPSA) is 45.1 Å². The van der Waals surface area contributed by atoms with Gasteiger partial charge in [-0.2, -0.15) is 0 Å². The van der Waals surface area contributed by atoms with E-state index in [4.69, 9.17) is 5.11 Å². The predicted octanol–water partition coefficient (Wildman–Crippen LogP) is 2.17. The lowest BCUT2D eigenvalue weighted by Gasteiger charge is -2.02. The monoisotopic (exact) mass is 190 g/mol. The number of rotatable bonds is 3. The second kappa shape index (κ2) is 3.72. The first kappa shape index (κ1) is 9.09. The smallest absolute Gasteiger partial charge is 0.179 e. The molecule has 2 rings (SSSR count). The van der Waals surface area contributed by atoms with Crippen molar-refractivity contribution >= 4 is 10.9 Å². The Morgan fingerprint density at radius 3 is 2.93 bits per heavy atom. The van der Waals surface area contributed by atoms with Crippen molar-refractivity contribution in [1.29, 1.82) is 0 Å². The molecule has 1 aromatic heterocycles. The largest absolute Gasteiger partial charge is 0.396 e. The highest BCUT2D eigenvalue weighted by molar-refractivity contribution is 5.81. The van der Waals surface area contributed by atoms with Gasteiger partial charge in [-0.3, -0.25) is 5.11 Å². The van der Waals surface area contributed by atoms with E-state index in [0.717, 1.165) is 23.9 Å². The molecule has 0 atom stereocenters. The zero-order chi connectivity index (χ0) is 9.97. The minimum absolute atomic E-state index is 0.0393. The van der Waals surface area contributed by atoms with Gasteiger partial charge in [0.25, 0.3) is 0 Å². The van der Waals surface area contributed by atoms with E-state index in [0.29, 0.717) is 0 Å². The summed E-state index contributed by atoms with van der Waals surface area (Å²) in [4.78, 5) is 0. The van der Waals surface area contributed by atoms with Gasteiger partial charge in [0.2, 0.25) is 0 Å². The van der Waals surface area contributed by atoms with Crippen LogP contribution in [-0.4, -0.2) is 16.3 Å². The van der Waals surface area contributed by atoms with Crippen molar-refractivity contribution in [1.82, 2.24) is 4.57 Å². The van der Waals surface area contributed by atoms with Gasteiger partial charge in [0.1, 0.15) is 0 Å². The van der Waals surface area contributed by atoms with Crippen LogP contribution in [0.15, 0.2) is 30.5 Å². The zero-order valence-corrected chi connectivity index (χ0v) is 7.81. The van der Waals surface area contributed by atoms with Crippen LogP contribution in [0.3, 0.4) is 0 Å². The number of hydrogen-bond acceptors (Lipinski definition) is 1. The first-order valence-electron chi connectivity index (χ1n) is 4.68. The molecule has 3 heteroatoms. The number of aliphatic hydroxyl groups is 1. The molecular weight excluding hydrogens is 178 g/mol. The highest BCUT2D eigenvalue weighted by atomic mass is 16.3. The van der Waals surface area contributed by atoms with E-state index >= 15 is 0 Å². The van der Waals surface area contributed by atoms with Crippen LogP contribution in [0.1, 0.15) is 6.42 Å². The van der Waals surface area contributed by atoms with Gasteiger partial charge in [0.15, 0.2) is 5.75 Å². The maximum absolute atomic E-state index is 11.1. The summed E-state index contributed by atoms with van der Waals surface area (Å²) in [5, 5.41) is 20.7. The maximum atomic E-state index is 11.1. The molecule has 0 saturated carbocycles. The molecule has 0 unspecified atom stereocenters. The quantitative estimate of drug-likeness (QED) is 0.792. The third-order valence-electron chi connectivity index (χ3n) is 2.30. The average Bonchev–Trinajstić information content (AvgIpc) is 2.57. The van der Waals surface area contributed by atoms with Gasteiger partial charge < -0.3 is 9.67 Å². The van der Waals surface area contributed by atoms with E-state index in [1.807, 2.05) is 22.9 Å². The fourth-order valence-electron chi connectivity index (χ4n) is 1.61. The van der Waals surface area contributed by atoms with Gasteiger partial charge >= 0.3 is 0 Å². The lowest BCUT2D eigenvalue weighted by atomic mass is 10.2. The molecule has 1 aromatic carbocycles. The Bertz CT molecular complexity index is 434. The van der Waals surface area contributed by atoms with E-state index in [-0.39, 0.29) is 12.4 Å². The molecule has 0 bridgehead atoms. The molecule has 0 aliphatic rings. The highest BCUT2D eigenvalue weighted by Crippen LogP contribution is 2.21. The Hall–Kier alpha value is -1.48. The van der Waals surface area contributed by atoms with Crippen LogP contribution >= 0.6 is 0 Å². The first-order valence-corrected chi connectivity index (χ1v) is 4.68. The van der Waals surface area contributed by atoms with Gasteiger partial charge in [0.05, 0.1) is 0 Å². The summed E-state index contributed by atoms with van der Waals surface area (Å²) >= 11 is 0. The molecule has 1 N–H and O–H groups in total. The Labute approximate surface area is 82.2 Å². The summed E-state index contributed by atoms with van der Waals surface area (Å²) < 4.78 is 2.05. The molecule has 0 aliphatic carbocycles. The van der Waals surface area contributed by atoms with E-state index < -0.39 is 0 Å². The second-order valence-corrected chi connectivity index (χ2v) is 3.31. The van der Waals surface area contributed by atoms with E-state index in [2.05, 4.69) is 0 Å². The van der Waals surface area contributed by atoms with Gasteiger partial charge in [-0.15, -0.1) is 0 Å². The van der Waals surface area contributed by atoms with Crippen LogP contribution in [0.2, 0.25) is 0 Å². The third-order valence-corrected chi connectivity index (χ3v) is 2.30. The second-order valence-electron chi connectivity index (χ2n) is 3.31. The fourth-order valence-corrected chi connectivity index (χ4v) is 1.61.